The SMILES string of the molecule is CS(=O)(=O)N[C@H]1CCCN(C(=O)Nc2cccc(OCCc3ccccc3)c2)C1. The molecule has 2 aromatic carbocycles. The first-order valence-electron chi connectivity index (χ1n) is 9.69. The summed E-state index contributed by atoms with van der Waals surface area (Å²) in [5.74, 6) is 0.689. The standard InChI is InChI=1S/C21H27N3O4S/c1-29(26,27)23-19-10-6-13-24(16-19)21(25)22-18-9-5-11-20(15-18)28-14-12-17-7-3-2-4-8-17/h2-5,7-9,11,15,19,23H,6,10,12-14,16H2,1H3,(H,22,25)/t19-/m0/s1. The van der Waals surface area contributed by atoms with Crippen LogP contribution < -0.4 is 14.8 Å². The van der Waals surface area contributed by atoms with Gasteiger partial charge in [-0.25, -0.2) is 17.9 Å². The molecule has 1 atom stereocenters. The van der Waals surface area contributed by atoms with Gasteiger partial charge in [-0.1, -0.05) is 36.4 Å². The normalized spacial score (nSPS) is 17.0. The van der Waals surface area contributed by atoms with Gasteiger partial charge in [-0.15, -0.1) is 0 Å². The van der Waals surface area contributed by atoms with E-state index in [9.17, 15) is 13.2 Å². The number of urea groups is 1. The highest BCUT2D eigenvalue weighted by atomic mass is 32.2. The minimum absolute atomic E-state index is 0.244. The van der Waals surface area contributed by atoms with Crippen LogP contribution in [0.1, 0.15) is 18.4 Å². The lowest BCUT2D eigenvalue weighted by Crippen LogP contribution is -2.50. The molecule has 0 aromatic heterocycles. The highest BCUT2D eigenvalue weighted by Crippen LogP contribution is 2.19. The number of hydrogen-bond acceptors (Lipinski definition) is 4. The minimum Gasteiger partial charge on any atom is -0.493 e. The Morgan fingerprint density at radius 2 is 1.97 bits per heavy atom. The van der Waals surface area contributed by atoms with Gasteiger partial charge >= 0.3 is 6.03 Å². The van der Waals surface area contributed by atoms with Crippen molar-refractivity contribution in [3.63, 3.8) is 0 Å². The Labute approximate surface area is 172 Å². The van der Waals surface area contributed by atoms with Gasteiger partial charge in [0.25, 0.3) is 0 Å². The fourth-order valence-corrected chi connectivity index (χ4v) is 4.16. The van der Waals surface area contributed by atoms with Crippen LogP contribution in [-0.4, -0.2) is 51.3 Å². The van der Waals surface area contributed by atoms with Gasteiger partial charge in [-0.2, -0.15) is 0 Å². The molecule has 29 heavy (non-hydrogen) atoms. The van der Waals surface area contributed by atoms with Crippen LogP contribution in [0.25, 0.3) is 0 Å². The number of sulfonamides is 1. The van der Waals surface area contributed by atoms with Crippen LogP contribution in [0.5, 0.6) is 5.75 Å². The van der Waals surface area contributed by atoms with Crippen LogP contribution in [-0.2, 0) is 16.4 Å². The van der Waals surface area contributed by atoms with Gasteiger partial charge in [-0.3, -0.25) is 0 Å². The molecule has 0 spiro atoms. The molecular formula is C21H27N3O4S. The molecule has 1 aliphatic rings. The van der Waals surface area contributed by atoms with E-state index in [1.54, 1.807) is 17.0 Å². The van der Waals surface area contributed by atoms with Gasteiger partial charge in [0.1, 0.15) is 5.75 Å². The predicted octanol–water partition coefficient (Wildman–Crippen LogP) is 2.85. The highest BCUT2D eigenvalue weighted by Gasteiger charge is 2.25. The Morgan fingerprint density at radius 3 is 2.72 bits per heavy atom. The molecule has 0 bridgehead atoms. The van der Waals surface area contributed by atoms with Crippen molar-refractivity contribution in [1.82, 2.24) is 9.62 Å². The van der Waals surface area contributed by atoms with Gasteiger partial charge in [0, 0.05) is 37.3 Å². The molecule has 2 N–H and O–H groups in total. The smallest absolute Gasteiger partial charge is 0.321 e. The average Bonchev–Trinajstić information content (AvgIpc) is 2.68. The number of nitrogens with zero attached hydrogens (tertiary/aromatic N) is 1. The summed E-state index contributed by atoms with van der Waals surface area (Å²) in [6.45, 7) is 1.50. The number of carbonyl (C=O) groups excluding carboxylic acids is 1. The quantitative estimate of drug-likeness (QED) is 0.725. The number of anilines is 1. The fourth-order valence-electron chi connectivity index (χ4n) is 3.36. The lowest BCUT2D eigenvalue weighted by Gasteiger charge is -2.32. The molecule has 0 saturated carbocycles. The summed E-state index contributed by atoms with van der Waals surface area (Å²) >= 11 is 0. The van der Waals surface area contributed by atoms with E-state index < -0.39 is 10.0 Å². The minimum atomic E-state index is -3.29. The van der Waals surface area contributed by atoms with Gasteiger partial charge in [0.15, 0.2) is 0 Å². The van der Waals surface area contributed by atoms with E-state index in [-0.39, 0.29) is 12.1 Å². The third kappa shape index (κ3) is 7.07. The highest BCUT2D eigenvalue weighted by molar-refractivity contribution is 7.88. The number of ether oxygens (including phenoxy) is 1. The van der Waals surface area contributed by atoms with Crippen LogP contribution in [0.3, 0.4) is 0 Å². The fraction of sp³-hybridized carbons (Fsp3) is 0.381. The summed E-state index contributed by atoms with van der Waals surface area (Å²) in [4.78, 5) is 14.2. The molecule has 7 nitrogen and oxygen atoms in total. The van der Waals surface area contributed by atoms with E-state index in [2.05, 4.69) is 22.2 Å². The van der Waals surface area contributed by atoms with Crippen molar-refractivity contribution in [1.29, 1.82) is 0 Å². The van der Waals surface area contributed by atoms with Crippen LogP contribution in [0.15, 0.2) is 54.6 Å². The second-order valence-corrected chi connectivity index (χ2v) is 9.00. The van der Waals surface area contributed by atoms with Crippen molar-refractivity contribution in [3.05, 3.63) is 60.2 Å². The largest absolute Gasteiger partial charge is 0.493 e. The van der Waals surface area contributed by atoms with Gasteiger partial charge in [-0.05, 0) is 30.5 Å². The first-order valence-corrected chi connectivity index (χ1v) is 11.6. The monoisotopic (exact) mass is 417 g/mol. The molecule has 1 saturated heterocycles. The molecule has 1 heterocycles. The lowest BCUT2D eigenvalue weighted by atomic mass is 10.1. The zero-order chi connectivity index (χ0) is 20.7. The van der Waals surface area contributed by atoms with E-state index in [1.807, 2.05) is 30.3 Å². The van der Waals surface area contributed by atoms with Crippen LogP contribution >= 0.6 is 0 Å². The molecule has 2 amide bonds. The summed E-state index contributed by atoms with van der Waals surface area (Å²) in [5.41, 5.74) is 1.85. The lowest BCUT2D eigenvalue weighted by molar-refractivity contribution is 0.190. The Morgan fingerprint density at radius 1 is 1.17 bits per heavy atom. The second-order valence-electron chi connectivity index (χ2n) is 7.22. The van der Waals surface area contributed by atoms with E-state index in [1.165, 1.54) is 5.56 Å². The molecule has 0 aliphatic carbocycles. The zero-order valence-corrected chi connectivity index (χ0v) is 17.3. The summed E-state index contributed by atoms with van der Waals surface area (Å²) in [7, 11) is -3.29. The van der Waals surface area contributed by atoms with Crippen molar-refractivity contribution >= 4 is 21.7 Å². The molecule has 8 heteroatoms. The van der Waals surface area contributed by atoms with E-state index in [4.69, 9.17) is 4.74 Å². The number of carbonyl (C=O) groups is 1. The molecular weight excluding hydrogens is 390 g/mol. The van der Waals surface area contributed by atoms with Crippen molar-refractivity contribution in [2.24, 2.45) is 0 Å². The maximum Gasteiger partial charge on any atom is 0.321 e. The van der Waals surface area contributed by atoms with Crippen molar-refractivity contribution in [3.8, 4) is 5.75 Å². The van der Waals surface area contributed by atoms with Crippen LogP contribution in [0.4, 0.5) is 10.5 Å². The first kappa shape index (κ1) is 21.1. The number of benzene rings is 2. The number of piperidine rings is 1. The zero-order valence-electron chi connectivity index (χ0n) is 16.5. The number of amides is 2. The van der Waals surface area contributed by atoms with Gasteiger partial charge in [0.05, 0.1) is 12.9 Å². The van der Waals surface area contributed by atoms with Crippen molar-refractivity contribution in [2.45, 2.75) is 25.3 Å². The van der Waals surface area contributed by atoms with E-state index in [0.717, 1.165) is 25.5 Å². The predicted molar refractivity (Wildman–Crippen MR) is 114 cm³/mol. The van der Waals surface area contributed by atoms with Crippen molar-refractivity contribution < 1.29 is 17.9 Å². The molecule has 3 rings (SSSR count). The second kappa shape index (κ2) is 9.76. The van der Waals surface area contributed by atoms with Gasteiger partial charge in [0.2, 0.25) is 10.0 Å². The maximum atomic E-state index is 12.6. The van der Waals surface area contributed by atoms with Crippen molar-refractivity contribution in [2.75, 3.05) is 31.3 Å². The molecule has 1 aliphatic heterocycles. The maximum absolute atomic E-state index is 12.6. The van der Waals surface area contributed by atoms with E-state index >= 15 is 0 Å². The summed E-state index contributed by atoms with van der Waals surface area (Å²) in [5, 5.41) is 2.87. The Hall–Kier alpha value is -2.58. The van der Waals surface area contributed by atoms with Crippen LogP contribution in [0, 0.1) is 0 Å². The topological polar surface area (TPSA) is 87.7 Å². The molecule has 0 unspecified atom stereocenters. The number of rotatable bonds is 7. The third-order valence-electron chi connectivity index (χ3n) is 4.68. The summed E-state index contributed by atoms with van der Waals surface area (Å²) in [6, 6.07) is 16.9. The number of hydrogen-bond donors (Lipinski definition) is 2. The number of likely N-dealkylation sites (tertiary alicyclic amines) is 1. The Kier molecular flexibility index (Phi) is 7.11. The molecule has 2 aromatic rings. The molecule has 1 fully saturated rings. The Balaban J connectivity index is 1.51. The molecule has 0 radical (unpaired) electrons. The molecule has 156 valence electrons. The summed E-state index contributed by atoms with van der Waals surface area (Å²) < 4.78 is 31.3. The summed E-state index contributed by atoms with van der Waals surface area (Å²) in [6.07, 6.45) is 3.42. The Bertz CT molecular complexity index is 919. The third-order valence-corrected chi connectivity index (χ3v) is 5.44. The number of nitrogens with one attached hydrogen (secondary N) is 2. The van der Waals surface area contributed by atoms with E-state index in [0.29, 0.717) is 31.1 Å². The van der Waals surface area contributed by atoms with Crippen LogP contribution in [0.2, 0.25) is 0 Å². The first-order chi connectivity index (χ1) is 13.9. The average molecular weight is 418 g/mol. The van der Waals surface area contributed by atoms with Gasteiger partial charge < -0.3 is 15.0 Å².